The number of aromatic nitrogens is 1. The minimum atomic E-state index is -0.760. The highest BCUT2D eigenvalue weighted by molar-refractivity contribution is 9.11. The molecule has 9 heteroatoms. The molecule has 1 aliphatic rings. The van der Waals surface area contributed by atoms with Gasteiger partial charge >= 0.3 is 12.0 Å². The van der Waals surface area contributed by atoms with E-state index in [0.29, 0.717) is 16.3 Å². The topological polar surface area (TPSA) is 86.5 Å². The number of ether oxygens (including phenoxy) is 1. The number of anilines is 1. The molecule has 1 aromatic heterocycles. The van der Waals surface area contributed by atoms with Gasteiger partial charge in [-0.05, 0) is 40.2 Å². The standard InChI is InChI=1S/C15H11BrN4O3S/c1-19-8-12(20(15(19)22)14-18-7-11(16)24-14)23-13(21)10-4-2-9(6-17)3-5-10/h2-5,7,12H,8H2,1H3. The molecule has 2 amide bonds. The molecule has 1 saturated heterocycles. The summed E-state index contributed by atoms with van der Waals surface area (Å²) in [6, 6.07) is 7.82. The maximum atomic E-state index is 12.3. The van der Waals surface area contributed by atoms with E-state index in [-0.39, 0.29) is 12.6 Å². The lowest BCUT2D eigenvalue weighted by Gasteiger charge is -2.20. The van der Waals surface area contributed by atoms with Crippen molar-refractivity contribution in [3.8, 4) is 6.07 Å². The summed E-state index contributed by atoms with van der Waals surface area (Å²) in [4.78, 5) is 31.6. The fourth-order valence-electron chi connectivity index (χ4n) is 2.23. The Labute approximate surface area is 150 Å². The van der Waals surface area contributed by atoms with Gasteiger partial charge in [0.2, 0.25) is 6.23 Å². The molecule has 2 heterocycles. The predicted molar refractivity (Wildman–Crippen MR) is 90.7 cm³/mol. The summed E-state index contributed by atoms with van der Waals surface area (Å²) in [7, 11) is 1.63. The monoisotopic (exact) mass is 406 g/mol. The minimum absolute atomic E-state index is 0.248. The fourth-order valence-corrected chi connectivity index (χ4v) is 3.44. The zero-order chi connectivity index (χ0) is 17.3. The highest BCUT2D eigenvalue weighted by atomic mass is 79.9. The first-order chi connectivity index (χ1) is 11.5. The zero-order valence-electron chi connectivity index (χ0n) is 12.5. The van der Waals surface area contributed by atoms with E-state index in [1.54, 1.807) is 13.2 Å². The third kappa shape index (κ3) is 3.11. The number of thiazole rings is 1. The molecule has 0 aliphatic carbocycles. The van der Waals surface area contributed by atoms with Gasteiger partial charge in [0.15, 0.2) is 5.13 Å². The quantitative estimate of drug-likeness (QED) is 0.731. The summed E-state index contributed by atoms with van der Waals surface area (Å²) < 4.78 is 6.26. The van der Waals surface area contributed by atoms with Crippen LogP contribution in [0.25, 0.3) is 0 Å². The molecule has 7 nitrogen and oxygen atoms in total. The first-order valence-corrected chi connectivity index (χ1v) is 8.47. The molecule has 3 rings (SSSR count). The number of esters is 1. The van der Waals surface area contributed by atoms with Crippen LogP contribution in [0.3, 0.4) is 0 Å². The van der Waals surface area contributed by atoms with E-state index in [4.69, 9.17) is 10.00 Å². The maximum Gasteiger partial charge on any atom is 0.340 e. The molecular weight excluding hydrogens is 396 g/mol. The van der Waals surface area contributed by atoms with E-state index in [9.17, 15) is 9.59 Å². The van der Waals surface area contributed by atoms with Gasteiger partial charge in [0.25, 0.3) is 0 Å². The molecule has 1 fully saturated rings. The summed E-state index contributed by atoms with van der Waals surface area (Å²) in [5.41, 5.74) is 0.771. The number of nitriles is 1. The van der Waals surface area contributed by atoms with E-state index in [2.05, 4.69) is 20.9 Å². The van der Waals surface area contributed by atoms with Crippen LogP contribution in [0.5, 0.6) is 0 Å². The number of hydrogen-bond donors (Lipinski definition) is 0. The number of carbonyl (C=O) groups is 2. The summed E-state index contributed by atoms with van der Waals surface area (Å²) in [5, 5.41) is 9.25. The first kappa shape index (κ1) is 16.4. The maximum absolute atomic E-state index is 12.3. The molecule has 1 unspecified atom stereocenters. The molecule has 1 aromatic carbocycles. The normalized spacial score (nSPS) is 17.0. The Morgan fingerprint density at radius 1 is 1.46 bits per heavy atom. The predicted octanol–water partition coefficient (Wildman–Crippen LogP) is 2.83. The second-order valence-corrected chi connectivity index (χ2v) is 7.42. The molecular formula is C15H11BrN4O3S. The van der Waals surface area contributed by atoms with Gasteiger partial charge in [0.1, 0.15) is 0 Å². The Balaban J connectivity index is 1.80. The largest absolute Gasteiger partial charge is 0.435 e. The van der Waals surface area contributed by atoms with Crippen molar-refractivity contribution in [3.63, 3.8) is 0 Å². The molecule has 24 heavy (non-hydrogen) atoms. The van der Waals surface area contributed by atoms with Crippen LogP contribution in [0.15, 0.2) is 34.2 Å². The highest BCUT2D eigenvalue weighted by Crippen LogP contribution is 2.31. The van der Waals surface area contributed by atoms with Crippen LogP contribution in [0, 0.1) is 11.3 Å². The van der Waals surface area contributed by atoms with Crippen molar-refractivity contribution in [3.05, 3.63) is 45.4 Å². The van der Waals surface area contributed by atoms with Crippen molar-refractivity contribution in [2.24, 2.45) is 0 Å². The zero-order valence-corrected chi connectivity index (χ0v) is 14.9. The third-order valence-corrected chi connectivity index (χ3v) is 4.89. The Bertz CT molecular complexity index is 830. The van der Waals surface area contributed by atoms with Crippen LogP contribution in [-0.2, 0) is 4.74 Å². The van der Waals surface area contributed by atoms with Gasteiger partial charge < -0.3 is 9.64 Å². The van der Waals surface area contributed by atoms with Crippen LogP contribution in [0.4, 0.5) is 9.93 Å². The third-order valence-electron chi connectivity index (χ3n) is 3.41. The van der Waals surface area contributed by atoms with Gasteiger partial charge in [0, 0.05) is 7.05 Å². The molecule has 0 bridgehead atoms. The number of nitrogens with zero attached hydrogens (tertiary/aromatic N) is 4. The lowest BCUT2D eigenvalue weighted by atomic mass is 10.1. The number of benzene rings is 1. The van der Waals surface area contributed by atoms with Crippen molar-refractivity contribution in [2.75, 3.05) is 18.5 Å². The number of likely N-dealkylation sites (N-methyl/N-ethyl adjacent to an activating group) is 1. The number of hydrogen-bond acceptors (Lipinski definition) is 6. The van der Waals surface area contributed by atoms with E-state index in [0.717, 1.165) is 3.79 Å². The molecule has 1 atom stereocenters. The smallest absolute Gasteiger partial charge is 0.340 e. The van der Waals surface area contributed by atoms with E-state index in [1.165, 1.54) is 45.4 Å². The Morgan fingerprint density at radius 2 is 2.17 bits per heavy atom. The molecule has 1 aliphatic heterocycles. The number of urea groups is 1. The average Bonchev–Trinajstić information content (AvgIpc) is 3.11. The Hall–Kier alpha value is -2.44. The first-order valence-electron chi connectivity index (χ1n) is 6.86. The molecule has 0 N–H and O–H groups in total. The van der Waals surface area contributed by atoms with Gasteiger partial charge in [0.05, 0.1) is 33.7 Å². The molecule has 0 radical (unpaired) electrons. The van der Waals surface area contributed by atoms with Crippen molar-refractivity contribution in [2.45, 2.75) is 6.23 Å². The minimum Gasteiger partial charge on any atom is -0.435 e. The molecule has 0 saturated carbocycles. The molecule has 122 valence electrons. The van der Waals surface area contributed by atoms with Crippen LogP contribution in [-0.4, -0.2) is 41.7 Å². The van der Waals surface area contributed by atoms with E-state index < -0.39 is 12.2 Å². The summed E-state index contributed by atoms with van der Waals surface area (Å²) >= 11 is 4.58. The molecule has 2 aromatic rings. The molecule has 0 spiro atoms. The van der Waals surface area contributed by atoms with Crippen LogP contribution in [0.2, 0.25) is 0 Å². The number of carbonyl (C=O) groups excluding carboxylic acids is 2. The number of halogens is 1. The Kier molecular flexibility index (Phi) is 4.51. The Morgan fingerprint density at radius 3 is 2.75 bits per heavy atom. The van der Waals surface area contributed by atoms with Crippen LogP contribution in [0.1, 0.15) is 15.9 Å². The van der Waals surface area contributed by atoms with E-state index >= 15 is 0 Å². The lowest BCUT2D eigenvalue weighted by Crippen LogP contribution is -2.37. The number of amides is 2. The van der Waals surface area contributed by atoms with Gasteiger partial charge in [-0.3, -0.25) is 0 Å². The summed E-state index contributed by atoms with van der Waals surface area (Å²) in [6.07, 6.45) is 0.828. The van der Waals surface area contributed by atoms with Crippen molar-refractivity contribution < 1.29 is 14.3 Å². The van der Waals surface area contributed by atoms with Gasteiger partial charge in [-0.2, -0.15) is 5.26 Å². The summed E-state index contributed by atoms with van der Waals surface area (Å²) in [5.74, 6) is -0.562. The number of rotatable bonds is 3. The highest BCUT2D eigenvalue weighted by Gasteiger charge is 2.40. The SMILES string of the molecule is CN1CC(OC(=O)c2ccc(C#N)cc2)N(c2ncc(Br)s2)C1=O. The second-order valence-electron chi connectivity index (χ2n) is 5.03. The van der Waals surface area contributed by atoms with Crippen molar-refractivity contribution in [1.29, 1.82) is 5.26 Å². The van der Waals surface area contributed by atoms with Crippen LogP contribution < -0.4 is 4.90 Å². The van der Waals surface area contributed by atoms with Gasteiger partial charge in [-0.25, -0.2) is 19.5 Å². The van der Waals surface area contributed by atoms with Crippen molar-refractivity contribution in [1.82, 2.24) is 9.88 Å². The second kappa shape index (κ2) is 6.59. The average molecular weight is 407 g/mol. The van der Waals surface area contributed by atoms with Crippen LogP contribution >= 0.6 is 27.3 Å². The lowest BCUT2D eigenvalue weighted by molar-refractivity contribution is 0.0331. The fraction of sp³-hybridized carbons (Fsp3) is 0.200. The summed E-state index contributed by atoms with van der Waals surface area (Å²) in [6.45, 7) is 0.248. The van der Waals surface area contributed by atoms with Crippen molar-refractivity contribution >= 4 is 44.4 Å². The van der Waals surface area contributed by atoms with Gasteiger partial charge in [-0.1, -0.05) is 11.3 Å². The van der Waals surface area contributed by atoms with E-state index in [1.807, 2.05) is 6.07 Å². The van der Waals surface area contributed by atoms with Gasteiger partial charge in [-0.15, -0.1) is 0 Å².